The lowest BCUT2D eigenvalue weighted by atomic mass is 10.5. The van der Waals surface area contributed by atoms with Crippen molar-refractivity contribution in [2.75, 3.05) is 5.43 Å². The van der Waals surface area contributed by atoms with E-state index in [1.807, 2.05) is 0 Å². The molecule has 2 aromatic heterocycles. The van der Waals surface area contributed by atoms with Crippen LogP contribution in [0.4, 0.5) is 5.95 Å². The number of aromatic nitrogens is 5. The Morgan fingerprint density at radius 1 is 1.42 bits per heavy atom. The van der Waals surface area contributed by atoms with Crippen molar-refractivity contribution < 1.29 is 0 Å². The number of nitrogen functional groups attached to an aromatic ring is 1. The van der Waals surface area contributed by atoms with Crippen molar-refractivity contribution in [3.05, 3.63) is 10.4 Å². The van der Waals surface area contributed by atoms with Crippen molar-refractivity contribution >= 4 is 17.1 Å². The second kappa shape index (κ2) is 2.27. The summed E-state index contributed by atoms with van der Waals surface area (Å²) in [5, 5.41) is 9.49. The van der Waals surface area contributed by atoms with E-state index in [2.05, 4.69) is 30.8 Å². The number of hydrogen-bond donors (Lipinski definition) is 4. The maximum Gasteiger partial charge on any atom is 0.282 e. The molecule has 2 rings (SSSR count). The van der Waals surface area contributed by atoms with E-state index in [0.717, 1.165) is 0 Å². The Kier molecular flexibility index (Phi) is 1.27. The molecule has 5 N–H and O–H groups in total. The van der Waals surface area contributed by atoms with E-state index in [-0.39, 0.29) is 22.7 Å². The Morgan fingerprint density at radius 2 is 2.25 bits per heavy atom. The van der Waals surface area contributed by atoms with Gasteiger partial charge in [-0.3, -0.25) is 15.2 Å². The molecule has 8 heteroatoms. The van der Waals surface area contributed by atoms with Gasteiger partial charge in [0.25, 0.3) is 5.56 Å². The van der Waals surface area contributed by atoms with Crippen LogP contribution in [0.5, 0.6) is 0 Å². The third kappa shape index (κ3) is 0.820. The van der Waals surface area contributed by atoms with Gasteiger partial charge in [-0.15, -0.1) is 10.2 Å². The van der Waals surface area contributed by atoms with E-state index in [1.165, 1.54) is 0 Å². The van der Waals surface area contributed by atoms with Crippen LogP contribution in [0.3, 0.4) is 0 Å². The van der Waals surface area contributed by atoms with Gasteiger partial charge in [0.1, 0.15) is 0 Å². The topological polar surface area (TPSA) is 125 Å². The van der Waals surface area contributed by atoms with Crippen LogP contribution in [-0.2, 0) is 0 Å². The van der Waals surface area contributed by atoms with Crippen LogP contribution in [0.2, 0.25) is 0 Å². The fourth-order valence-electron chi connectivity index (χ4n) is 0.825. The maximum absolute atomic E-state index is 11.1. The standard InChI is InChI=1S/C4H5N7O/c5-8-4-6-2-1(3(12)7-4)9-11-10-2/h5H2,(H3,6,7,8,9,10,11,12). The van der Waals surface area contributed by atoms with Crippen molar-refractivity contribution in [2.24, 2.45) is 5.84 Å². The minimum Gasteiger partial charge on any atom is -0.294 e. The highest BCUT2D eigenvalue weighted by Crippen LogP contribution is 1.98. The van der Waals surface area contributed by atoms with Gasteiger partial charge in [0.05, 0.1) is 0 Å². The first-order chi connectivity index (χ1) is 5.81. The molecule has 0 aliphatic rings. The van der Waals surface area contributed by atoms with Crippen molar-refractivity contribution in [3.63, 3.8) is 0 Å². The van der Waals surface area contributed by atoms with Gasteiger partial charge in [-0.2, -0.15) is 10.2 Å². The number of anilines is 1. The molecule has 0 aliphatic carbocycles. The van der Waals surface area contributed by atoms with Crippen LogP contribution in [0.25, 0.3) is 11.2 Å². The summed E-state index contributed by atoms with van der Waals surface area (Å²) in [7, 11) is 0. The zero-order chi connectivity index (χ0) is 8.55. The average molecular weight is 167 g/mol. The summed E-state index contributed by atoms with van der Waals surface area (Å²) in [6.45, 7) is 0. The molecular formula is C4H5N7O. The Morgan fingerprint density at radius 3 is 3.00 bits per heavy atom. The minimum absolute atomic E-state index is 0.154. The van der Waals surface area contributed by atoms with E-state index in [0.29, 0.717) is 0 Å². The van der Waals surface area contributed by atoms with Crippen LogP contribution in [0, 0.1) is 0 Å². The molecule has 0 saturated heterocycles. The summed E-state index contributed by atoms with van der Waals surface area (Å²) in [6.07, 6.45) is 0. The lowest BCUT2D eigenvalue weighted by molar-refractivity contribution is 0.954. The summed E-state index contributed by atoms with van der Waals surface area (Å²) in [5.74, 6) is 5.19. The second-order valence-electron chi connectivity index (χ2n) is 2.05. The number of nitrogens with two attached hydrogens (primary N) is 1. The van der Waals surface area contributed by atoms with Crippen LogP contribution in [-0.4, -0.2) is 25.4 Å². The van der Waals surface area contributed by atoms with Crippen LogP contribution >= 0.6 is 0 Å². The van der Waals surface area contributed by atoms with Crippen molar-refractivity contribution in [1.82, 2.24) is 25.4 Å². The fraction of sp³-hybridized carbons (Fsp3) is 0. The first-order valence-electron chi connectivity index (χ1n) is 3.08. The molecule has 0 fully saturated rings. The molecule has 2 heterocycles. The number of rotatable bonds is 1. The van der Waals surface area contributed by atoms with Gasteiger partial charge >= 0.3 is 0 Å². The number of H-pyrrole nitrogens is 2. The smallest absolute Gasteiger partial charge is 0.282 e. The van der Waals surface area contributed by atoms with Crippen molar-refractivity contribution in [1.29, 1.82) is 0 Å². The Labute approximate surface area is 65.2 Å². The molecule has 12 heavy (non-hydrogen) atoms. The molecule has 2 aromatic rings. The molecule has 0 aromatic carbocycles. The van der Waals surface area contributed by atoms with E-state index in [9.17, 15) is 4.79 Å². The summed E-state index contributed by atoms with van der Waals surface area (Å²) in [5.41, 5.74) is 2.20. The average Bonchev–Trinajstić information content (AvgIpc) is 2.52. The number of aromatic amines is 2. The van der Waals surface area contributed by atoms with Crippen LogP contribution < -0.4 is 16.8 Å². The minimum atomic E-state index is -0.387. The molecule has 0 aliphatic heterocycles. The Hall–Kier alpha value is -1.96. The van der Waals surface area contributed by atoms with E-state index < -0.39 is 0 Å². The molecule has 0 unspecified atom stereocenters. The largest absolute Gasteiger partial charge is 0.294 e. The van der Waals surface area contributed by atoms with E-state index in [4.69, 9.17) is 5.84 Å². The van der Waals surface area contributed by atoms with Crippen LogP contribution in [0.15, 0.2) is 4.79 Å². The van der Waals surface area contributed by atoms with Gasteiger partial charge in [-0.05, 0) is 0 Å². The Balaban J connectivity index is 2.84. The highest BCUT2D eigenvalue weighted by molar-refractivity contribution is 5.68. The second-order valence-corrected chi connectivity index (χ2v) is 2.05. The summed E-state index contributed by atoms with van der Waals surface area (Å²) < 4.78 is 0. The zero-order valence-corrected chi connectivity index (χ0v) is 5.83. The predicted octanol–water partition coefficient (Wildman–Crippen LogP) is -1.67. The fourth-order valence-corrected chi connectivity index (χ4v) is 0.825. The highest BCUT2D eigenvalue weighted by atomic mass is 16.1. The summed E-state index contributed by atoms with van der Waals surface area (Å²) in [4.78, 5) is 17.3. The first kappa shape index (κ1) is 6.73. The van der Waals surface area contributed by atoms with Gasteiger partial charge in [0.15, 0.2) is 5.52 Å². The number of nitrogens with one attached hydrogen (secondary N) is 3. The molecule has 62 valence electrons. The van der Waals surface area contributed by atoms with Gasteiger partial charge in [0.2, 0.25) is 11.6 Å². The van der Waals surface area contributed by atoms with Crippen LogP contribution in [0.1, 0.15) is 0 Å². The number of fused-ring (bicyclic) bond motifs is 1. The molecular weight excluding hydrogens is 162 g/mol. The Bertz CT molecular complexity index is 456. The lowest BCUT2D eigenvalue weighted by Crippen LogP contribution is -2.16. The monoisotopic (exact) mass is 167 g/mol. The van der Waals surface area contributed by atoms with Gasteiger partial charge in [-0.1, -0.05) is 0 Å². The molecule has 0 bridgehead atoms. The quantitative estimate of drug-likeness (QED) is 0.297. The van der Waals surface area contributed by atoms with E-state index >= 15 is 0 Å². The maximum atomic E-state index is 11.1. The first-order valence-corrected chi connectivity index (χ1v) is 3.08. The van der Waals surface area contributed by atoms with Crippen molar-refractivity contribution in [2.45, 2.75) is 0 Å². The molecule has 0 atom stereocenters. The normalized spacial score (nSPS) is 10.4. The summed E-state index contributed by atoms with van der Waals surface area (Å²) in [6, 6.07) is 0. The number of hydrazine groups is 1. The van der Waals surface area contributed by atoms with Gasteiger partial charge in [-0.25, -0.2) is 5.84 Å². The van der Waals surface area contributed by atoms with Crippen molar-refractivity contribution in [3.8, 4) is 0 Å². The zero-order valence-electron chi connectivity index (χ0n) is 5.83. The molecule has 0 amide bonds. The molecule has 0 radical (unpaired) electrons. The van der Waals surface area contributed by atoms with E-state index in [1.54, 1.807) is 0 Å². The lowest BCUT2D eigenvalue weighted by Gasteiger charge is -1.94. The third-order valence-electron chi connectivity index (χ3n) is 1.33. The number of nitrogens with zero attached hydrogens (tertiary/aromatic N) is 3. The number of hydrogen-bond acceptors (Lipinski definition) is 6. The molecule has 8 nitrogen and oxygen atoms in total. The van der Waals surface area contributed by atoms with Gasteiger partial charge in [0, 0.05) is 0 Å². The highest BCUT2D eigenvalue weighted by Gasteiger charge is 2.05. The van der Waals surface area contributed by atoms with Gasteiger partial charge < -0.3 is 0 Å². The predicted molar refractivity (Wildman–Crippen MR) is 40.1 cm³/mol. The molecule has 0 spiro atoms. The summed E-state index contributed by atoms with van der Waals surface area (Å²) >= 11 is 0. The molecule has 0 saturated carbocycles. The SMILES string of the molecule is NNc1nc2n[nH]nc2c(=O)[nH]1. The third-order valence-corrected chi connectivity index (χ3v) is 1.33.